The highest BCUT2D eigenvalue weighted by molar-refractivity contribution is 14.1. The molecular weight excluding hydrogens is 385 g/mol. The van der Waals surface area contributed by atoms with Crippen molar-refractivity contribution in [1.29, 1.82) is 0 Å². The van der Waals surface area contributed by atoms with Crippen molar-refractivity contribution in [2.75, 3.05) is 11.0 Å². The number of hydrogen-bond acceptors (Lipinski definition) is 3. The molecule has 110 valence electrons. The Morgan fingerprint density at radius 1 is 1.30 bits per heavy atom. The third-order valence-electron chi connectivity index (χ3n) is 2.56. The van der Waals surface area contributed by atoms with E-state index in [0.717, 1.165) is 17.3 Å². The molecule has 1 amide bonds. The number of carbonyl (C=O) groups is 1. The molecule has 0 radical (unpaired) electrons. The van der Waals surface area contributed by atoms with E-state index >= 15 is 0 Å². The van der Waals surface area contributed by atoms with Crippen molar-refractivity contribution in [3.05, 3.63) is 39.4 Å². The topological polar surface area (TPSA) is 72.2 Å². The van der Waals surface area contributed by atoms with Crippen molar-refractivity contribution in [1.82, 2.24) is 5.32 Å². The van der Waals surface area contributed by atoms with Crippen LogP contribution in [0.3, 0.4) is 0 Å². The number of rotatable bonds is 7. The van der Waals surface area contributed by atoms with Crippen LogP contribution in [0.15, 0.2) is 12.1 Å². The summed E-state index contributed by atoms with van der Waals surface area (Å²) >= 11 is 2.24. The van der Waals surface area contributed by atoms with Gasteiger partial charge in [-0.15, -0.1) is 0 Å². The smallest absolute Gasteiger partial charge is 0.308 e. The van der Waals surface area contributed by atoms with Gasteiger partial charge in [-0.2, -0.15) is 4.39 Å². The Bertz CT molecular complexity index is 512. The minimum atomic E-state index is -1.32. The maximum Gasteiger partial charge on any atom is 0.308 e. The number of benzene rings is 1. The number of nitro groups is 1. The van der Waals surface area contributed by atoms with Crippen LogP contribution in [-0.2, 0) is 0 Å². The molecule has 1 N–H and O–H groups in total. The van der Waals surface area contributed by atoms with Gasteiger partial charge >= 0.3 is 5.69 Å². The van der Waals surface area contributed by atoms with Gasteiger partial charge in [0.15, 0.2) is 0 Å². The molecule has 8 heteroatoms. The molecule has 1 aromatic carbocycles. The lowest BCUT2D eigenvalue weighted by Gasteiger charge is -2.06. The molecule has 5 nitrogen and oxygen atoms in total. The lowest BCUT2D eigenvalue weighted by atomic mass is 10.1. The maximum absolute atomic E-state index is 13.7. The second-order valence-electron chi connectivity index (χ2n) is 4.05. The number of carbonyl (C=O) groups excluding carboxylic acids is 1. The van der Waals surface area contributed by atoms with Crippen LogP contribution in [0, 0.1) is 21.7 Å². The second-order valence-corrected chi connectivity index (χ2v) is 5.13. The number of nitro benzene ring substituents is 1. The molecule has 0 atom stereocenters. The standard InChI is InChI=1S/C12H13F2IN2O3/c13-8-6-9(11(14)10(7-8)17(19)20)12(18)16-5-3-1-2-4-15/h6-7H,1-5H2,(H,16,18). The summed E-state index contributed by atoms with van der Waals surface area (Å²) in [6, 6.07) is 1.11. The van der Waals surface area contributed by atoms with Gasteiger partial charge in [0, 0.05) is 6.54 Å². The van der Waals surface area contributed by atoms with Gasteiger partial charge in [-0.3, -0.25) is 14.9 Å². The number of nitrogens with zero attached hydrogens (tertiary/aromatic N) is 1. The molecule has 0 saturated carbocycles. The van der Waals surface area contributed by atoms with Gasteiger partial charge in [-0.1, -0.05) is 29.0 Å². The van der Waals surface area contributed by atoms with Crippen molar-refractivity contribution in [2.24, 2.45) is 0 Å². The molecule has 0 aliphatic carbocycles. The fourth-order valence-electron chi connectivity index (χ4n) is 1.57. The molecule has 0 spiro atoms. The zero-order valence-electron chi connectivity index (χ0n) is 10.5. The molecule has 0 aliphatic rings. The third kappa shape index (κ3) is 4.66. The molecule has 0 bridgehead atoms. The molecular formula is C12H13F2IN2O3. The van der Waals surface area contributed by atoms with Crippen LogP contribution in [0.25, 0.3) is 0 Å². The van der Waals surface area contributed by atoms with Crippen LogP contribution >= 0.6 is 22.6 Å². The van der Waals surface area contributed by atoms with Gasteiger partial charge in [-0.05, 0) is 23.3 Å². The van der Waals surface area contributed by atoms with E-state index in [9.17, 15) is 23.7 Å². The third-order valence-corrected chi connectivity index (χ3v) is 3.32. The summed E-state index contributed by atoms with van der Waals surface area (Å²) in [6.07, 6.45) is 2.64. The molecule has 0 heterocycles. The molecule has 0 aliphatic heterocycles. The molecule has 20 heavy (non-hydrogen) atoms. The zero-order chi connectivity index (χ0) is 15.1. The number of amides is 1. The highest BCUT2D eigenvalue weighted by atomic mass is 127. The van der Waals surface area contributed by atoms with Gasteiger partial charge < -0.3 is 5.32 Å². The van der Waals surface area contributed by atoms with Crippen LogP contribution in [-0.4, -0.2) is 21.8 Å². The van der Waals surface area contributed by atoms with E-state index in [4.69, 9.17) is 0 Å². The van der Waals surface area contributed by atoms with E-state index < -0.39 is 33.7 Å². The highest BCUT2D eigenvalue weighted by Crippen LogP contribution is 2.22. The van der Waals surface area contributed by atoms with E-state index in [1.807, 2.05) is 0 Å². The summed E-state index contributed by atoms with van der Waals surface area (Å²) in [4.78, 5) is 21.2. The Morgan fingerprint density at radius 3 is 2.60 bits per heavy atom. The fourth-order valence-corrected chi connectivity index (χ4v) is 2.11. The Morgan fingerprint density at radius 2 is 2.00 bits per heavy atom. The summed E-state index contributed by atoms with van der Waals surface area (Å²) in [7, 11) is 0. The number of hydrogen-bond donors (Lipinski definition) is 1. The molecule has 0 saturated heterocycles. The largest absolute Gasteiger partial charge is 0.352 e. The van der Waals surface area contributed by atoms with E-state index in [2.05, 4.69) is 27.9 Å². The fraction of sp³-hybridized carbons (Fsp3) is 0.417. The number of unbranched alkanes of at least 4 members (excludes halogenated alkanes) is 2. The first-order valence-electron chi connectivity index (χ1n) is 5.95. The second kappa shape index (κ2) is 8.08. The minimum absolute atomic E-state index is 0.319. The monoisotopic (exact) mass is 398 g/mol. The van der Waals surface area contributed by atoms with Crippen molar-refractivity contribution < 1.29 is 18.5 Å². The minimum Gasteiger partial charge on any atom is -0.352 e. The molecule has 0 unspecified atom stereocenters. The van der Waals surface area contributed by atoms with Crippen LogP contribution in [0.1, 0.15) is 29.6 Å². The summed E-state index contributed by atoms with van der Waals surface area (Å²) in [5.74, 6) is -3.19. The Balaban J connectivity index is 2.75. The first kappa shape index (κ1) is 16.7. The Kier molecular flexibility index (Phi) is 6.76. The van der Waals surface area contributed by atoms with E-state index in [1.54, 1.807) is 0 Å². The van der Waals surface area contributed by atoms with Gasteiger partial charge in [0.2, 0.25) is 5.82 Å². The molecule has 1 rings (SSSR count). The lowest BCUT2D eigenvalue weighted by molar-refractivity contribution is -0.387. The van der Waals surface area contributed by atoms with Crippen LogP contribution < -0.4 is 5.32 Å². The van der Waals surface area contributed by atoms with Crippen molar-refractivity contribution in [2.45, 2.75) is 19.3 Å². The first-order valence-corrected chi connectivity index (χ1v) is 7.47. The van der Waals surface area contributed by atoms with Gasteiger partial charge in [0.05, 0.1) is 16.6 Å². The first-order chi connectivity index (χ1) is 9.47. The summed E-state index contributed by atoms with van der Waals surface area (Å²) in [5, 5.41) is 13.0. The van der Waals surface area contributed by atoms with Crippen molar-refractivity contribution >= 4 is 34.2 Å². The Hall–Kier alpha value is -1.32. The number of alkyl halides is 1. The van der Waals surface area contributed by atoms with Crippen molar-refractivity contribution in [3.8, 4) is 0 Å². The van der Waals surface area contributed by atoms with Crippen LogP contribution in [0.5, 0.6) is 0 Å². The van der Waals surface area contributed by atoms with Gasteiger partial charge in [-0.25, -0.2) is 4.39 Å². The quantitative estimate of drug-likeness (QED) is 0.252. The summed E-state index contributed by atoms with van der Waals surface area (Å²) in [5.41, 5.74) is -1.69. The van der Waals surface area contributed by atoms with E-state index in [1.165, 1.54) is 0 Å². The summed E-state index contributed by atoms with van der Waals surface area (Å²) in [6.45, 7) is 0.319. The molecule has 0 fully saturated rings. The highest BCUT2D eigenvalue weighted by Gasteiger charge is 2.23. The maximum atomic E-state index is 13.7. The Labute approximate surface area is 128 Å². The summed E-state index contributed by atoms with van der Waals surface area (Å²) < 4.78 is 27.9. The molecule has 1 aromatic rings. The van der Waals surface area contributed by atoms with E-state index in [-0.39, 0.29) is 0 Å². The predicted molar refractivity (Wildman–Crippen MR) is 78.1 cm³/mol. The molecule has 0 aromatic heterocycles. The average Bonchev–Trinajstić information content (AvgIpc) is 2.40. The SMILES string of the molecule is O=C(NCCCCCI)c1cc(F)cc([N+](=O)[O-])c1F. The van der Waals surface area contributed by atoms with Crippen LogP contribution in [0.4, 0.5) is 14.5 Å². The number of nitrogens with one attached hydrogen (secondary N) is 1. The van der Waals surface area contributed by atoms with E-state index in [0.29, 0.717) is 25.1 Å². The normalized spacial score (nSPS) is 10.3. The average molecular weight is 398 g/mol. The van der Waals surface area contributed by atoms with Crippen LogP contribution in [0.2, 0.25) is 0 Å². The zero-order valence-corrected chi connectivity index (χ0v) is 12.7. The lowest BCUT2D eigenvalue weighted by Crippen LogP contribution is -2.25. The van der Waals surface area contributed by atoms with Crippen molar-refractivity contribution in [3.63, 3.8) is 0 Å². The van der Waals surface area contributed by atoms with Gasteiger partial charge in [0.1, 0.15) is 5.82 Å². The van der Waals surface area contributed by atoms with Gasteiger partial charge in [0.25, 0.3) is 5.91 Å². The number of halogens is 3. The predicted octanol–water partition coefficient (Wildman–Crippen LogP) is 3.21.